The summed E-state index contributed by atoms with van der Waals surface area (Å²) in [5.74, 6) is 0. The Morgan fingerprint density at radius 2 is 1.41 bits per heavy atom. The number of benzene rings is 2. The summed E-state index contributed by atoms with van der Waals surface area (Å²) in [6.45, 7) is 6.49. The Hall–Kier alpha value is -1.76. The van der Waals surface area contributed by atoms with E-state index in [1.54, 1.807) is 0 Å². The Labute approximate surface area is 103 Å². The molecule has 2 aromatic rings. The lowest BCUT2D eigenvalue weighted by Crippen LogP contribution is -2.08. The van der Waals surface area contributed by atoms with E-state index in [1.807, 2.05) is 0 Å². The molecule has 0 unspecified atom stereocenters. The summed E-state index contributed by atoms with van der Waals surface area (Å²) < 4.78 is 0. The third-order valence-electron chi connectivity index (χ3n) is 3.14. The molecule has 0 aliphatic heterocycles. The normalized spacial score (nSPS) is 12.2. The SMILES string of the molecule is Cc1cccc(C)c1N[C@H](C)c1ccccc1. The Kier molecular flexibility index (Phi) is 3.48. The van der Waals surface area contributed by atoms with Crippen LogP contribution in [0.15, 0.2) is 48.5 Å². The first kappa shape index (κ1) is 11.7. The van der Waals surface area contributed by atoms with E-state index in [0.29, 0.717) is 6.04 Å². The summed E-state index contributed by atoms with van der Waals surface area (Å²) in [7, 11) is 0. The van der Waals surface area contributed by atoms with E-state index in [4.69, 9.17) is 0 Å². The van der Waals surface area contributed by atoms with Gasteiger partial charge >= 0.3 is 0 Å². The van der Waals surface area contributed by atoms with Crippen molar-refractivity contribution >= 4 is 5.69 Å². The highest BCUT2D eigenvalue weighted by Crippen LogP contribution is 2.25. The fourth-order valence-electron chi connectivity index (χ4n) is 2.08. The van der Waals surface area contributed by atoms with Crippen LogP contribution >= 0.6 is 0 Å². The highest BCUT2D eigenvalue weighted by molar-refractivity contribution is 5.57. The highest BCUT2D eigenvalue weighted by Gasteiger charge is 2.07. The van der Waals surface area contributed by atoms with Crippen molar-refractivity contribution in [1.29, 1.82) is 0 Å². The summed E-state index contributed by atoms with van der Waals surface area (Å²) in [5, 5.41) is 3.59. The van der Waals surface area contributed by atoms with E-state index in [2.05, 4.69) is 74.6 Å². The molecule has 88 valence electrons. The Morgan fingerprint density at radius 3 is 2.00 bits per heavy atom. The molecule has 0 amide bonds. The van der Waals surface area contributed by atoms with E-state index >= 15 is 0 Å². The van der Waals surface area contributed by atoms with Crippen LogP contribution in [0.5, 0.6) is 0 Å². The molecule has 1 heteroatoms. The van der Waals surface area contributed by atoms with Crippen molar-refractivity contribution in [2.75, 3.05) is 5.32 Å². The van der Waals surface area contributed by atoms with Crippen LogP contribution in [0.3, 0.4) is 0 Å². The van der Waals surface area contributed by atoms with Crippen LogP contribution in [-0.2, 0) is 0 Å². The molecule has 0 saturated heterocycles. The first-order valence-corrected chi connectivity index (χ1v) is 6.06. The van der Waals surface area contributed by atoms with Gasteiger partial charge in [0.15, 0.2) is 0 Å². The quantitative estimate of drug-likeness (QED) is 0.812. The van der Waals surface area contributed by atoms with Gasteiger partial charge < -0.3 is 5.32 Å². The number of hydrogen-bond donors (Lipinski definition) is 1. The standard InChI is InChI=1S/C16H19N/c1-12-8-7-9-13(2)16(12)17-14(3)15-10-5-4-6-11-15/h4-11,14,17H,1-3H3/t14-/m1/s1. The molecule has 2 rings (SSSR count). The van der Waals surface area contributed by atoms with Crippen molar-refractivity contribution in [1.82, 2.24) is 0 Å². The van der Waals surface area contributed by atoms with Crippen molar-refractivity contribution in [2.45, 2.75) is 26.8 Å². The van der Waals surface area contributed by atoms with E-state index in [9.17, 15) is 0 Å². The van der Waals surface area contributed by atoms with Crippen LogP contribution in [0, 0.1) is 13.8 Å². The van der Waals surface area contributed by atoms with Gasteiger partial charge in [-0.1, -0.05) is 48.5 Å². The minimum absolute atomic E-state index is 0.330. The lowest BCUT2D eigenvalue weighted by Gasteiger charge is -2.19. The molecule has 0 aromatic heterocycles. The number of aryl methyl sites for hydroxylation is 2. The third kappa shape index (κ3) is 2.68. The predicted octanol–water partition coefficient (Wildman–Crippen LogP) is 4.48. The van der Waals surface area contributed by atoms with E-state index in [0.717, 1.165) is 0 Å². The maximum atomic E-state index is 3.59. The molecule has 17 heavy (non-hydrogen) atoms. The summed E-state index contributed by atoms with van der Waals surface area (Å²) >= 11 is 0. The van der Waals surface area contributed by atoms with Crippen molar-refractivity contribution in [3.8, 4) is 0 Å². The van der Waals surface area contributed by atoms with Crippen molar-refractivity contribution in [2.24, 2.45) is 0 Å². The molecule has 1 nitrogen and oxygen atoms in total. The maximum absolute atomic E-state index is 3.59. The van der Waals surface area contributed by atoms with Crippen LogP contribution in [0.25, 0.3) is 0 Å². The maximum Gasteiger partial charge on any atom is 0.0485 e. The van der Waals surface area contributed by atoms with Crippen LogP contribution in [-0.4, -0.2) is 0 Å². The summed E-state index contributed by atoms with van der Waals surface area (Å²) in [4.78, 5) is 0. The highest BCUT2D eigenvalue weighted by atomic mass is 14.9. The molecule has 1 N–H and O–H groups in total. The topological polar surface area (TPSA) is 12.0 Å². The van der Waals surface area contributed by atoms with E-state index in [1.165, 1.54) is 22.4 Å². The third-order valence-corrected chi connectivity index (χ3v) is 3.14. The molecule has 0 aliphatic rings. The Bertz CT molecular complexity index is 468. The molecule has 0 aliphatic carbocycles. The Morgan fingerprint density at radius 1 is 0.824 bits per heavy atom. The van der Waals surface area contributed by atoms with Crippen LogP contribution < -0.4 is 5.32 Å². The van der Waals surface area contributed by atoms with Gasteiger partial charge in [0.2, 0.25) is 0 Å². The lowest BCUT2D eigenvalue weighted by molar-refractivity contribution is 0.880. The zero-order chi connectivity index (χ0) is 12.3. The number of rotatable bonds is 3. The van der Waals surface area contributed by atoms with Crippen molar-refractivity contribution in [3.05, 3.63) is 65.2 Å². The van der Waals surface area contributed by atoms with Crippen molar-refractivity contribution < 1.29 is 0 Å². The first-order chi connectivity index (χ1) is 8.18. The van der Waals surface area contributed by atoms with Crippen LogP contribution in [0.4, 0.5) is 5.69 Å². The molecule has 0 heterocycles. The lowest BCUT2D eigenvalue weighted by atomic mass is 10.1. The molecule has 0 bridgehead atoms. The van der Waals surface area contributed by atoms with Gasteiger partial charge in [0, 0.05) is 11.7 Å². The average Bonchev–Trinajstić information content (AvgIpc) is 2.35. The van der Waals surface area contributed by atoms with Gasteiger partial charge in [-0.3, -0.25) is 0 Å². The molecule has 0 spiro atoms. The smallest absolute Gasteiger partial charge is 0.0485 e. The van der Waals surface area contributed by atoms with Gasteiger partial charge in [-0.15, -0.1) is 0 Å². The van der Waals surface area contributed by atoms with Gasteiger partial charge in [-0.05, 0) is 37.5 Å². The number of hydrogen-bond acceptors (Lipinski definition) is 1. The second kappa shape index (κ2) is 5.05. The fraction of sp³-hybridized carbons (Fsp3) is 0.250. The van der Waals surface area contributed by atoms with E-state index in [-0.39, 0.29) is 0 Å². The Balaban J connectivity index is 2.22. The van der Waals surface area contributed by atoms with Crippen LogP contribution in [0.2, 0.25) is 0 Å². The molecule has 1 atom stereocenters. The second-order valence-corrected chi connectivity index (χ2v) is 4.54. The zero-order valence-electron chi connectivity index (χ0n) is 10.7. The monoisotopic (exact) mass is 225 g/mol. The molecular formula is C16H19N. The zero-order valence-corrected chi connectivity index (χ0v) is 10.7. The minimum Gasteiger partial charge on any atom is -0.378 e. The molecule has 0 saturated carbocycles. The minimum atomic E-state index is 0.330. The average molecular weight is 225 g/mol. The molecule has 0 radical (unpaired) electrons. The van der Waals surface area contributed by atoms with Gasteiger partial charge in [0.05, 0.1) is 0 Å². The molecular weight excluding hydrogens is 206 g/mol. The molecule has 0 fully saturated rings. The van der Waals surface area contributed by atoms with Crippen LogP contribution in [0.1, 0.15) is 29.7 Å². The van der Waals surface area contributed by atoms with E-state index < -0.39 is 0 Å². The largest absolute Gasteiger partial charge is 0.378 e. The molecule has 2 aromatic carbocycles. The van der Waals surface area contributed by atoms with Gasteiger partial charge in [-0.25, -0.2) is 0 Å². The van der Waals surface area contributed by atoms with Gasteiger partial charge in [-0.2, -0.15) is 0 Å². The fourth-order valence-corrected chi connectivity index (χ4v) is 2.08. The number of para-hydroxylation sites is 1. The number of nitrogens with one attached hydrogen (secondary N) is 1. The first-order valence-electron chi connectivity index (χ1n) is 6.06. The summed E-state index contributed by atoms with van der Waals surface area (Å²) in [6.07, 6.45) is 0. The summed E-state index contributed by atoms with van der Waals surface area (Å²) in [5.41, 5.74) is 5.17. The van der Waals surface area contributed by atoms with Gasteiger partial charge in [0.1, 0.15) is 0 Å². The second-order valence-electron chi connectivity index (χ2n) is 4.54. The van der Waals surface area contributed by atoms with Crippen molar-refractivity contribution in [3.63, 3.8) is 0 Å². The summed E-state index contributed by atoms with van der Waals surface area (Å²) in [6, 6.07) is 17.3. The predicted molar refractivity (Wildman–Crippen MR) is 74.4 cm³/mol. The number of anilines is 1. The van der Waals surface area contributed by atoms with Gasteiger partial charge in [0.25, 0.3) is 0 Å².